The van der Waals surface area contributed by atoms with Gasteiger partial charge in [0, 0.05) is 43.9 Å². The van der Waals surface area contributed by atoms with Crippen molar-refractivity contribution < 1.29 is 23.5 Å². The molecule has 0 spiro atoms. The second-order valence-electron chi connectivity index (χ2n) is 10.4. The minimum Gasteiger partial charge on any atom is -0.459 e. The summed E-state index contributed by atoms with van der Waals surface area (Å²) in [6.45, 7) is 3.74. The number of anilines is 1. The first-order chi connectivity index (χ1) is 21.0. The van der Waals surface area contributed by atoms with Gasteiger partial charge in [0.2, 0.25) is 0 Å². The van der Waals surface area contributed by atoms with Crippen molar-refractivity contribution in [3.63, 3.8) is 0 Å². The third kappa shape index (κ3) is 8.64. The van der Waals surface area contributed by atoms with Gasteiger partial charge in [0.1, 0.15) is 6.10 Å². The highest BCUT2D eigenvalue weighted by molar-refractivity contribution is 5.97. The highest BCUT2D eigenvalue weighted by atomic mass is 16.6. The highest BCUT2D eigenvalue weighted by Gasteiger charge is 2.22. The molecule has 1 aliphatic rings. The number of likely N-dealkylation sites (tertiary alicyclic amines) is 1. The van der Waals surface area contributed by atoms with E-state index in [0.29, 0.717) is 18.7 Å². The molecule has 0 atom stereocenters. The molecule has 0 unspecified atom stereocenters. The lowest BCUT2D eigenvalue weighted by atomic mass is 10.0. The van der Waals surface area contributed by atoms with E-state index in [2.05, 4.69) is 20.9 Å². The molecule has 2 amide bonds. The Bertz CT molecular complexity index is 1480. The molecule has 9 nitrogen and oxygen atoms in total. The molecule has 0 bridgehead atoms. The Kier molecular flexibility index (Phi) is 10.3. The van der Waals surface area contributed by atoms with Gasteiger partial charge < -0.3 is 24.7 Å². The minimum atomic E-state index is -0.436. The van der Waals surface area contributed by atoms with Crippen molar-refractivity contribution in [3.8, 4) is 11.1 Å². The summed E-state index contributed by atoms with van der Waals surface area (Å²) in [4.78, 5) is 39.6. The number of Topliss-reactive ketones (excluding diaryl/α,β-unsaturated/α-hetero) is 1. The molecular formula is C34H36N4O5. The summed E-state index contributed by atoms with van der Waals surface area (Å²) in [5.41, 5.74) is 4.22. The van der Waals surface area contributed by atoms with Crippen LogP contribution in [-0.2, 0) is 11.3 Å². The Balaban J connectivity index is 0.967. The maximum Gasteiger partial charge on any atom is 0.411 e. The first-order valence-electron chi connectivity index (χ1n) is 14.5. The Labute approximate surface area is 251 Å². The molecule has 2 heterocycles. The highest BCUT2D eigenvalue weighted by Crippen LogP contribution is 2.28. The normalized spacial score (nSPS) is 13.8. The number of rotatable bonds is 12. The molecule has 1 aromatic heterocycles. The van der Waals surface area contributed by atoms with Gasteiger partial charge in [0.25, 0.3) is 5.91 Å². The van der Waals surface area contributed by atoms with E-state index in [0.717, 1.165) is 54.9 Å². The molecule has 1 fully saturated rings. The van der Waals surface area contributed by atoms with Crippen molar-refractivity contribution in [1.29, 1.82) is 0 Å². The first-order valence-corrected chi connectivity index (χ1v) is 14.5. The Hall–Kier alpha value is -4.73. The molecule has 9 heteroatoms. The predicted octanol–water partition coefficient (Wildman–Crippen LogP) is 5.36. The van der Waals surface area contributed by atoms with Crippen LogP contribution in [0.4, 0.5) is 10.5 Å². The van der Waals surface area contributed by atoms with Gasteiger partial charge in [-0.2, -0.15) is 0 Å². The molecule has 1 aliphatic heterocycles. The van der Waals surface area contributed by atoms with Gasteiger partial charge >= 0.3 is 6.09 Å². The molecule has 4 aromatic rings. The SMILES string of the molecule is O=C(Nc1ccccc1-c1ccccc1)OC1CCN(CCNCC(=O)c2ccc(CNC(=O)c3ccco3)cc2)CC1. The standard InChI is InChI=1S/C34H36N4O5/c39-31(27-14-12-25(13-15-27)23-36-33(40)32-11-6-22-42-32)24-35-18-21-38-19-16-28(17-20-38)43-34(41)37-30-10-5-4-9-29(30)26-7-2-1-3-8-26/h1-15,22,28,35H,16-21,23-24H2,(H,36,40)(H,37,41). The largest absolute Gasteiger partial charge is 0.459 e. The topological polar surface area (TPSA) is 113 Å². The van der Waals surface area contributed by atoms with Crippen LogP contribution in [0.1, 0.15) is 39.3 Å². The van der Waals surface area contributed by atoms with Gasteiger partial charge in [0.15, 0.2) is 11.5 Å². The molecule has 0 saturated carbocycles. The van der Waals surface area contributed by atoms with E-state index in [9.17, 15) is 14.4 Å². The van der Waals surface area contributed by atoms with Crippen molar-refractivity contribution in [2.24, 2.45) is 0 Å². The smallest absolute Gasteiger partial charge is 0.411 e. The summed E-state index contributed by atoms with van der Waals surface area (Å²) < 4.78 is 10.8. The number of carbonyl (C=O) groups is 3. The van der Waals surface area contributed by atoms with E-state index in [4.69, 9.17) is 9.15 Å². The van der Waals surface area contributed by atoms with Crippen molar-refractivity contribution in [2.45, 2.75) is 25.5 Å². The maximum atomic E-state index is 12.7. The van der Waals surface area contributed by atoms with Crippen molar-refractivity contribution in [1.82, 2.24) is 15.5 Å². The third-order valence-electron chi connectivity index (χ3n) is 7.42. The van der Waals surface area contributed by atoms with E-state index in [1.807, 2.05) is 66.7 Å². The number of ether oxygens (including phenoxy) is 1. The fourth-order valence-corrected chi connectivity index (χ4v) is 5.03. The summed E-state index contributed by atoms with van der Waals surface area (Å²) >= 11 is 0. The average molecular weight is 581 g/mol. The lowest BCUT2D eigenvalue weighted by Gasteiger charge is -2.31. The monoisotopic (exact) mass is 580 g/mol. The summed E-state index contributed by atoms with van der Waals surface area (Å²) in [6, 6.07) is 28.1. The predicted molar refractivity (Wildman–Crippen MR) is 165 cm³/mol. The molecule has 3 N–H and O–H groups in total. The summed E-state index contributed by atoms with van der Waals surface area (Å²) in [7, 11) is 0. The van der Waals surface area contributed by atoms with E-state index in [-0.39, 0.29) is 30.1 Å². The third-order valence-corrected chi connectivity index (χ3v) is 7.42. The number of ketones is 1. The van der Waals surface area contributed by atoms with Crippen LogP contribution in [0, 0.1) is 0 Å². The number of furan rings is 1. The zero-order valence-electron chi connectivity index (χ0n) is 24.0. The molecule has 5 rings (SSSR count). The molecule has 222 valence electrons. The van der Waals surface area contributed by atoms with E-state index in [1.165, 1.54) is 6.26 Å². The van der Waals surface area contributed by atoms with Crippen molar-refractivity contribution >= 4 is 23.5 Å². The number of nitrogens with zero attached hydrogens (tertiary/aromatic N) is 1. The molecule has 0 radical (unpaired) electrons. The Morgan fingerprint density at radius 1 is 0.860 bits per heavy atom. The van der Waals surface area contributed by atoms with Crippen LogP contribution in [-0.4, -0.2) is 61.5 Å². The quantitative estimate of drug-likeness (QED) is 0.153. The van der Waals surface area contributed by atoms with Gasteiger partial charge in [0.05, 0.1) is 18.5 Å². The van der Waals surface area contributed by atoms with Crippen LogP contribution in [0.5, 0.6) is 0 Å². The van der Waals surface area contributed by atoms with Gasteiger partial charge in [-0.15, -0.1) is 0 Å². The fraction of sp³-hybridized carbons (Fsp3) is 0.265. The Morgan fingerprint density at radius 2 is 1.60 bits per heavy atom. The van der Waals surface area contributed by atoms with Gasteiger partial charge in [-0.05, 0) is 42.2 Å². The summed E-state index contributed by atoms with van der Waals surface area (Å²) in [5.74, 6) is -0.00459. The zero-order valence-corrected chi connectivity index (χ0v) is 24.0. The maximum absolute atomic E-state index is 12.7. The lowest BCUT2D eigenvalue weighted by Crippen LogP contribution is -2.42. The van der Waals surface area contributed by atoms with Crippen LogP contribution < -0.4 is 16.0 Å². The fourth-order valence-electron chi connectivity index (χ4n) is 5.03. The molecule has 0 aliphatic carbocycles. The van der Waals surface area contributed by atoms with E-state index in [1.54, 1.807) is 24.3 Å². The second kappa shape index (κ2) is 14.9. The van der Waals surface area contributed by atoms with Gasteiger partial charge in [-0.25, -0.2) is 4.79 Å². The summed E-state index contributed by atoms with van der Waals surface area (Å²) in [5, 5.41) is 8.94. The van der Waals surface area contributed by atoms with Gasteiger partial charge in [-0.1, -0.05) is 72.8 Å². The summed E-state index contributed by atoms with van der Waals surface area (Å²) in [6.07, 6.45) is 2.42. The average Bonchev–Trinajstić information content (AvgIpc) is 3.59. The number of benzene rings is 3. The number of hydrogen-bond donors (Lipinski definition) is 3. The number of piperidine rings is 1. The van der Waals surface area contributed by atoms with E-state index < -0.39 is 6.09 Å². The van der Waals surface area contributed by atoms with Crippen LogP contribution >= 0.6 is 0 Å². The van der Waals surface area contributed by atoms with Crippen LogP contribution in [0.2, 0.25) is 0 Å². The number of para-hydroxylation sites is 1. The first kappa shape index (κ1) is 29.8. The zero-order chi connectivity index (χ0) is 29.9. The number of hydrogen-bond acceptors (Lipinski definition) is 7. The minimum absolute atomic E-state index is 0.0122. The number of carbonyl (C=O) groups excluding carboxylic acids is 3. The van der Waals surface area contributed by atoms with Crippen LogP contribution in [0.15, 0.2) is 102 Å². The molecule has 1 saturated heterocycles. The second-order valence-corrected chi connectivity index (χ2v) is 10.4. The lowest BCUT2D eigenvalue weighted by molar-refractivity contribution is 0.0593. The molecule has 43 heavy (non-hydrogen) atoms. The van der Waals surface area contributed by atoms with Crippen molar-refractivity contribution in [2.75, 3.05) is 38.0 Å². The van der Waals surface area contributed by atoms with Crippen LogP contribution in [0.25, 0.3) is 11.1 Å². The number of nitrogens with one attached hydrogen (secondary N) is 3. The molecule has 3 aromatic carbocycles. The van der Waals surface area contributed by atoms with Gasteiger partial charge in [-0.3, -0.25) is 14.9 Å². The number of amides is 2. The van der Waals surface area contributed by atoms with Crippen LogP contribution in [0.3, 0.4) is 0 Å². The van der Waals surface area contributed by atoms with E-state index >= 15 is 0 Å². The molecular weight excluding hydrogens is 544 g/mol. The van der Waals surface area contributed by atoms with Crippen molar-refractivity contribution in [3.05, 3.63) is 114 Å². The Morgan fingerprint density at radius 3 is 2.35 bits per heavy atom.